The summed E-state index contributed by atoms with van der Waals surface area (Å²) >= 11 is 0. The highest BCUT2D eigenvalue weighted by molar-refractivity contribution is 5.84. The molecule has 0 amide bonds. The van der Waals surface area contributed by atoms with Crippen LogP contribution in [0.4, 0.5) is 0 Å². The van der Waals surface area contributed by atoms with Gasteiger partial charge >= 0.3 is 0 Å². The molecule has 1 atom stereocenters. The van der Waals surface area contributed by atoms with Crippen molar-refractivity contribution >= 4 is 16.7 Å². The molecule has 0 aliphatic rings. The summed E-state index contributed by atoms with van der Waals surface area (Å²) in [6, 6.07) is 12.1. The van der Waals surface area contributed by atoms with E-state index in [4.69, 9.17) is 0 Å². The zero-order valence-electron chi connectivity index (χ0n) is 12.4. The third kappa shape index (κ3) is 3.66. The Bertz CT molecular complexity index is 576. The standard InChI is InChI=1S/C18H23NO/c1-3-5-8-14(4-2)18(20)13-16-12-11-15-9-6-7-10-17(15)19-16/h6-7,9-12,14H,3-5,8,13H2,1-2H3. The zero-order valence-corrected chi connectivity index (χ0v) is 12.4. The fourth-order valence-electron chi connectivity index (χ4n) is 2.57. The van der Waals surface area contributed by atoms with Gasteiger partial charge in [-0.2, -0.15) is 0 Å². The summed E-state index contributed by atoms with van der Waals surface area (Å²) in [5.74, 6) is 0.534. The molecule has 0 fully saturated rings. The van der Waals surface area contributed by atoms with Gasteiger partial charge in [0.05, 0.1) is 5.52 Å². The third-order valence-electron chi connectivity index (χ3n) is 3.87. The highest BCUT2D eigenvalue weighted by Crippen LogP contribution is 2.17. The minimum absolute atomic E-state index is 0.197. The molecule has 2 heteroatoms. The van der Waals surface area contributed by atoms with E-state index in [0.29, 0.717) is 12.2 Å². The van der Waals surface area contributed by atoms with Crippen LogP contribution in [0.2, 0.25) is 0 Å². The molecule has 0 saturated heterocycles. The number of carbonyl (C=O) groups excluding carboxylic acids is 1. The van der Waals surface area contributed by atoms with Crippen LogP contribution in [0, 0.1) is 5.92 Å². The van der Waals surface area contributed by atoms with Crippen molar-refractivity contribution in [1.82, 2.24) is 4.98 Å². The van der Waals surface area contributed by atoms with Crippen molar-refractivity contribution in [2.45, 2.75) is 46.0 Å². The third-order valence-corrected chi connectivity index (χ3v) is 3.87. The average molecular weight is 269 g/mol. The highest BCUT2D eigenvalue weighted by Gasteiger charge is 2.16. The van der Waals surface area contributed by atoms with Gasteiger partial charge in [-0.1, -0.05) is 51.0 Å². The molecule has 1 aromatic carbocycles. The van der Waals surface area contributed by atoms with Gasteiger partial charge in [-0.25, -0.2) is 0 Å². The van der Waals surface area contributed by atoms with E-state index < -0.39 is 0 Å². The lowest BCUT2D eigenvalue weighted by atomic mass is 9.92. The first-order valence-corrected chi connectivity index (χ1v) is 7.62. The van der Waals surface area contributed by atoms with Gasteiger partial charge in [-0.05, 0) is 25.0 Å². The SMILES string of the molecule is CCCCC(CC)C(=O)Cc1ccc2ccccc2n1. The van der Waals surface area contributed by atoms with Crippen LogP contribution in [-0.4, -0.2) is 10.8 Å². The summed E-state index contributed by atoms with van der Waals surface area (Å²) in [7, 11) is 0. The Morgan fingerprint density at radius 2 is 1.95 bits per heavy atom. The number of nitrogens with zero attached hydrogens (tertiary/aromatic N) is 1. The van der Waals surface area contributed by atoms with Gasteiger partial charge in [-0.3, -0.25) is 9.78 Å². The van der Waals surface area contributed by atoms with Gasteiger partial charge in [0.15, 0.2) is 0 Å². The fourth-order valence-corrected chi connectivity index (χ4v) is 2.57. The second kappa shape index (κ2) is 7.18. The average Bonchev–Trinajstić information content (AvgIpc) is 2.48. The van der Waals surface area contributed by atoms with Crippen LogP contribution in [0.5, 0.6) is 0 Å². The number of hydrogen-bond acceptors (Lipinski definition) is 2. The van der Waals surface area contributed by atoms with Crippen molar-refractivity contribution in [3.8, 4) is 0 Å². The van der Waals surface area contributed by atoms with Crippen molar-refractivity contribution in [2.75, 3.05) is 0 Å². The van der Waals surface area contributed by atoms with E-state index in [0.717, 1.165) is 42.3 Å². The lowest BCUT2D eigenvalue weighted by Gasteiger charge is -2.13. The zero-order chi connectivity index (χ0) is 14.4. The second-order valence-electron chi connectivity index (χ2n) is 5.39. The van der Waals surface area contributed by atoms with E-state index in [2.05, 4.69) is 24.9 Å². The Balaban J connectivity index is 2.08. The van der Waals surface area contributed by atoms with Gasteiger partial charge < -0.3 is 0 Å². The number of benzene rings is 1. The molecule has 0 aliphatic carbocycles. The van der Waals surface area contributed by atoms with Crippen molar-refractivity contribution in [3.05, 3.63) is 42.1 Å². The quantitative estimate of drug-likeness (QED) is 0.737. The number of hydrogen-bond donors (Lipinski definition) is 0. The van der Waals surface area contributed by atoms with Crippen LogP contribution < -0.4 is 0 Å². The Morgan fingerprint density at radius 1 is 1.15 bits per heavy atom. The summed E-state index contributed by atoms with van der Waals surface area (Å²) in [4.78, 5) is 16.9. The largest absolute Gasteiger partial charge is 0.299 e. The van der Waals surface area contributed by atoms with Gasteiger partial charge in [0, 0.05) is 23.4 Å². The predicted octanol–water partition coefficient (Wildman–Crippen LogP) is 4.56. The molecule has 2 aromatic rings. The molecule has 0 aliphatic heterocycles. The lowest BCUT2D eigenvalue weighted by Crippen LogP contribution is -2.16. The minimum atomic E-state index is 0.197. The van der Waals surface area contributed by atoms with E-state index in [1.165, 1.54) is 0 Å². The molecule has 0 spiro atoms. The van der Waals surface area contributed by atoms with Crippen molar-refractivity contribution in [1.29, 1.82) is 0 Å². The van der Waals surface area contributed by atoms with Crippen LogP contribution in [0.1, 0.15) is 45.2 Å². The second-order valence-corrected chi connectivity index (χ2v) is 5.39. The van der Waals surface area contributed by atoms with Crippen LogP contribution in [-0.2, 0) is 11.2 Å². The molecule has 0 N–H and O–H groups in total. The predicted molar refractivity (Wildman–Crippen MR) is 83.8 cm³/mol. The Hall–Kier alpha value is -1.70. The van der Waals surface area contributed by atoms with E-state index in [9.17, 15) is 4.79 Å². The molecule has 1 heterocycles. The van der Waals surface area contributed by atoms with Gasteiger partial charge in [0.1, 0.15) is 5.78 Å². The van der Waals surface area contributed by atoms with Crippen LogP contribution >= 0.6 is 0 Å². The summed E-state index contributed by atoms with van der Waals surface area (Å²) in [5, 5.41) is 1.13. The number of para-hydroxylation sites is 1. The lowest BCUT2D eigenvalue weighted by molar-refractivity contribution is -0.122. The van der Waals surface area contributed by atoms with Crippen molar-refractivity contribution in [3.63, 3.8) is 0 Å². The van der Waals surface area contributed by atoms with Crippen molar-refractivity contribution in [2.24, 2.45) is 5.92 Å². The van der Waals surface area contributed by atoms with E-state index in [1.807, 2.05) is 30.3 Å². The van der Waals surface area contributed by atoms with E-state index in [-0.39, 0.29) is 5.92 Å². The maximum Gasteiger partial charge on any atom is 0.141 e. The molecule has 1 unspecified atom stereocenters. The molecular formula is C18H23NO. The molecule has 1 aromatic heterocycles. The number of aromatic nitrogens is 1. The van der Waals surface area contributed by atoms with Crippen LogP contribution in [0.15, 0.2) is 36.4 Å². The Labute approximate surface area is 121 Å². The summed E-state index contributed by atoms with van der Waals surface area (Å²) < 4.78 is 0. The maximum absolute atomic E-state index is 12.3. The normalized spacial score (nSPS) is 12.5. The van der Waals surface area contributed by atoms with E-state index >= 15 is 0 Å². The molecule has 106 valence electrons. The van der Waals surface area contributed by atoms with Gasteiger partial charge in [0.2, 0.25) is 0 Å². The van der Waals surface area contributed by atoms with Crippen LogP contribution in [0.25, 0.3) is 10.9 Å². The molecule has 0 bridgehead atoms. The number of carbonyl (C=O) groups is 1. The molecular weight excluding hydrogens is 246 g/mol. The Morgan fingerprint density at radius 3 is 2.70 bits per heavy atom. The molecule has 0 saturated carbocycles. The number of fused-ring (bicyclic) bond motifs is 1. The fraction of sp³-hybridized carbons (Fsp3) is 0.444. The first kappa shape index (κ1) is 14.7. The number of unbranched alkanes of at least 4 members (excludes halogenated alkanes) is 1. The molecule has 2 rings (SSSR count). The summed E-state index contributed by atoms with van der Waals surface area (Å²) in [5.41, 5.74) is 1.86. The molecule has 20 heavy (non-hydrogen) atoms. The van der Waals surface area contributed by atoms with Crippen LogP contribution in [0.3, 0.4) is 0 Å². The van der Waals surface area contributed by atoms with Gasteiger partial charge in [0.25, 0.3) is 0 Å². The van der Waals surface area contributed by atoms with E-state index in [1.54, 1.807) is 0 Å². The topological polar surface area (TPSA) is 30.0 Å². The summed E-state index contributed by atoms with van der Waals surface area (Å²) in [6.45, 7) is 4.27. The monoisotopic (exact) mass is 269 g/mol. The first-order chi connectivity index (χ1) is 9.74. The first-order valence-electron chi connectivity index (χ1n) is 7.62. The molecule has 0 radical (unpaired) electrons. The number of pyridine rings is 1. The molecule has 2 nitrogen and oxygen atoms in total. The maximum atomic E-state index is 12.3. The van der Waals surface area contributed by atoms with Gasteiger partial charge in [-0.15, -0.1) is 0 Å². The van der Waals surface area contributed by atoms with Crippen molar-refractivity contribution < 1.29 is 4.79 Å². The number of Topliss-reactive ketones (excluding diaryl/α,β-unsaturated/α-hetero) is 1. The Kier molecular flexibility index (Phi) is 5.28. The highest BCUT2D eigenvalue weighted by atomic mass is 16.1. The number of ketones is 1. The number of rotatable bonds is 7. The minimum Gasteiger partial charge on any atom is -0.299 e. The smallest absolute Gasteiger partial charge is 0.141 e. The summed E-state index contributed by atoms with van der Waals surface area (Å²) in [6.07, 6.45) is 4.70.